The largest absolute Gasteiger partial charge is 0.481 e. The van der Waals surface area contributed by atoms with Crippen LogP contribution in [-0.4, -0.2) is 67.0 Å². The van der Waals surface area contributed by atoms with Gasteiger partial charge in [0.15, 0.2) is 6.10 Å². The molecule has 0 bridgehead atoms. The van der Waals surface area contributed by atoms with E-state index in [4.69, 9.17) is 14.9 Å². The van der Waals surface area contributed by atoms with Gasteiger partial charge in [0.2, 0.25) is 0 Å². The fraction of sp³-hybridized carbons (Fsp3) is 0.882. The highest BCUT2D eigenvalue weighted by atomic mass is 16.5. The maximum Gasteiger partial charge on any atom is 0.307 e. The Morgan fingerprint density at radius 3 is 1.96 bits per heavy atom. The molecule has 0 radical (unpaired) electrons. The molecule has 0 aliphatic carbocycles. The van der Waals surface area contributed by atoms with E-state index in [1.807, 2.05) is 21.1 Å². The van der Waals surface area contributed by atoms with Crippen LogP contribution in [0.4, 0.5) is 0 Å². The van der Waals surface area contributed by atoms with E-state index in [-0.39, 0.29) is 19.0 Å². The average molecular weight is 332 g/mol. The molecule has 0 aromatic carbocycles. The number of hydrogen-bond donors (Lipinski definition) is 2. The fourth-order valence-corrected chi connectivity index (χ4v) is 2.46. The molecule has 136 valence electrons. The van der Waals surface area contributed by atoms with Crippen molar-refractivity contribution in [3.8, 4) is 0 Å². The second-order valence-electron chi connectivity index (χ2n) is 7.13. The van der Waals surface area contributed by atoms with E-state index in [0.29, 0.717) is 17.4 Å². The van der Waals surface area contributed by atoms with E-state index >= 15 is 0 Å². The van der Waals surface area contributed by atoms with Gasteiger partial charge in [0.25, 0.3) is 0 Å². The molecule has 0 fully saturated rings. The standard InChI is InChI=1S/C17H33NO5/c1-18(2,3)14-15(13-16(20)21)23-17(22)11-9-7-5-4-6-8-10-12-19/h15,19H,4-14H2,1-3H3/p+1. The molecule has 1 unspecified atom stereocenters. The smallest absolute Gasteiger partial charge is 0.307 e. The molecule has 0 heterocycles. The predicted molar refractivity (Wildman–Crippen MR) is 89.1 cm³/mol. The number of nitrogens with zero attached hydrogens (tertiary/aromatic N) is 1. The van der Waals surface area contributed by atoms with E-state index in [1.165, 1.54) is 0 Å². The van der Waals surface area contributed by atoms with Gasteiger partial charge in [-0.15, -0.1) is 0 Å². The molecule has 0 aromatic rings. The lowest BCUT2D eigenvalue weighted by atomic mass is 10.1. The number of ether oxygens (including phenoxy) is 1. The van der Waals surface area contributed by atoms with E-state index in [1.54, 1.807) is 0 Å². The normalized spacial score (nSPS) is 12.9. The van der Waals surface area contributed by atoms with E-state index in [2.05, 4.69) is 0 Å². The molecule has 1 atom stereocenters. The third kappa shape index (κ3) is 15.5. The molecule has 0 rings (SSSR count). The minimum atomic E-state index is -0.945. The number of quaternary nitrogens is 1. The number of aliphatic hydroxyl groups is 1. The molecule has 6 nitrogen and oxygen atoms in total. The molecule has 0 saturated heterocycles. The molecule has 6 heteroatoms. The lowest BCUT2D eigenvalue weighted by Gasteiger charge is -2.28. The maximum atomic E-state index is 11.8. The van der Waals surface area contributed by atoms with Crippen LogP contribution in [0.5, 0.6) is 0 Å². The minimum absolute atomic E-state index is 0.147. The number of carbonyl (C=O) groups excluding carboxylic acids is 1. The Kier molecular flexibility index (Phi) is 11.7. The van der Waals surface area contributed by atoms with Crippen molar-refractivity contribution >= 4 is 11.9 Å². The topological polar surface area (TPSA) is 83.8 Å². The maximum absolute atomic E-state index is 11.8. The number of hydrogen-bond acceptors (Lipinski definition) is 4. The van der Waals surface area contributed by atoms with Crippen molar-refractivity contribution in [3.05, 3.63) is 0 Å². The van der Waals surface area contributed by atoms with Crippen molar-refractivity contribution < 1.29 is 29.0 Å². The molecule has 0 aliphatic rings. The van der Waals surface area contributed by atoms with Gasteiger partial charge in [0, 0.05) is 13.0 Å². The van der Waals surface area contributed by atoms with E-state index < -0.39 is 12.1 Å². The monoisotopic (exact) mass is 332 g/mol. The second kappa shape index (κ2) is 12.3. The van der Waals surface area contributed by atoms with Crippen LogP contribution in [0.1, 0.15) is 57.8 Å². The predicted octanol–water partition coefficient (Wildman–Crippen LogP) is 2.19. The molecule has 0 spiro atoms. The van der Waals surface area contributed by atoms with Crippen molar-refractivity contribution in [3.63, 3.8) is 0 Å². The van der Waals surface area contributed by atoms with Crippen molar-refractivity contribution in [1.82, 2.24) is 0 Å². The molecule has 0 aliphatic heterocycles. The van der Waals surface area contributed by atoms with Crippen LogP contribution in [0.2, 0.25) is 0 Å². The summed E-state index contributed by atoms with van der Waals surface area (Å²) in [5.41, 5.74) is 0. The highest BCUT2D eigenvalue weighted by Crippen LogP contribution is 2.11. The molecular formula is C17H34NO5+. The summed E-state index contributed by atoms with van der Waals surface area (Å²) >= 11 is 0. The van der Waals surface area contributed by atoms with Gasteiger partial charge < -0.3 is 19.4 Å². The van der Waals surface area contributed by atoms with Gasteiger partial charge in [-0.3, -0.25) is 9.59 Å². The first-order chi connectivity index (χ1) is 10.7. The number of unbranched alkanes of at least 4 members (excludes halogenated alkanes) is 6. The van der Waals surface area contributed by atoms with Gasteiger partial charge in [-0.25, -0.2) is 0 Å². The van der Waals surface area contributed by atoms with Crippen LogP contribution >= 0.6 is 0 Å². The van der Waals surface area contributed by atoms with Gasteiger partial charge in [-0.2, -0.15) is 0 Å². The first kappa shape index (κ1) is 21.9. The third-order valence-electron chi connectivity index (χ3n) is 3.49. The molecule has 23 heavy (non-hydrogen) atoms. The number of aliphatic carboxylic acids is 1. The summed E-state index contributed by atoms with van der Waals surface area (Å²) in [6.07, 6.45) is 6.64. The number of carboxylic acid groups (broad SMARTS) is 1. The molecule has 0 aromatic heterocycles. The summed E-state index contributed by atoms with van der Waals surface area (Å²) in [6, 6.07) is 0. The molecule has 2 N–H and O–H groups in total. The van der Waals surface area contributed by atoms with Crippen LogP contribution < -0.4 is 0 Å². The lowest BCUT2D eigenvalue weighted by Crippen LogP contribution is -2.43. The van der Waals surface area contributed by atoms with Crippen molar-refractivity contribution in [2.45, 2.75) is 63.9 Å². The van der Waals surface area contributed by atoms with Crippen LogP contribution in [-0.2, 0) is 14.3 Å². The zero-order chi connectivity index (χ0) is 17.7. The van der Waals surface area contributed by atoms with Crippen LogP contribution in [0.3, 0.4) is 0 Å². The third-order valence-corrected chi connectivity index (χ3v) is 3.49. The average Bonchev–Trinajstić information content (AvgIpc) is 2.39. The summed E-state index contributed by atoms with van der Waals surface area (Å²) in [6.45, 7) is 0.750. The van der Waals surface area contributed by atoms with E-state index in [0.717, 1.165) is 44.9 Å². The summed E-state index contributed by atoms with van der Waals surface area (Å²) < 4.78 is 5.89. The van der Waals surface area contributed by atoms with Gasteiger partial charge in [0.1, 0.15) is 6.54 Å². The number of carbonyl (C=O) groups is 2. The van der Waals surface area contributed by atoms with Crippen LogP contribution in [0, 0.1) is 0 Å². The number of carboxylic acids is 1. The Morgan fingerprint density at radius 1 is 0.957 bits per heavy atom. The summed E-state index contributed by atoms with van der Waals surface area (Å²) in [4.78, 5) is 22.7. The van der Waals surface area contributed by atoms with Gasteiger partial charge in [-0.05, 0) is 12.8 Å². The Hall–Kier alpha value is -1.14. The summed E-state index contributed by atoms with van der Waals surface area (Å²) in [5.74, 6) is -1.25. The van der Waals surface area contributed by atoms with E-state index in [9.17, 15) is 9.59 Å². The quantitative estimate of drug-likeness (QED) is 0.289. The minimum Gasteiger partial charge on any atom is -0.481 e. The van der Waals surface area contributed by atoms with Gasteiger partial charge in [0.05, 0.1) is 27.6 Å². The van der Waals surface area contributed by atoms with Crippen molar-refractivity contribution in [1.29, 1.82) is 0 Å². The highest BCUT2D eigenvalue weighted by Gasteiger charge is 2.24. The van der Waals surface area contributed by atoms with Crippen LogP contribution in [0.15, 0.2) is 0 Å². The molecular weight excluding hydrogens is 298 g/mol. The highest BCUT2D eigenvalue weighted by molar-refractivity contribution is 5.71. The molecule has 0 amide bonds. The number of likely N-dealkylation sites (N-methyl/N-ethyl adjacent to an activating group) is 1. The lowest BCUT2D eigenvalue weighted by molar-refractivity contribution is -0.873. The Morgan fingerprint density at radius 2 is 1.48 bits per heavy atom. The first-order valence-electron chi connectivity index (χ1n) is 8.57. The summed E-state index contributed by atoms with van der Waals surface area (Å²) in [7, 11) is 5.83. The molecule has 0 saturated carbocycles. The number of aliphatic hydroxyl groups excluding tert-OH is 1. The van der Waals surface area contributed by atoms with Crippen molar-refractivity contribution in [2.24, 2.45) is 0 Å². The van der Waals surface area contributed by atoms with Gasteiger partial charge >= 0.3 is 11.9 Å². The Labute approximate surface area is 140 Å². The van der Waals surface area contributed by atoms with Crippen LogP contribution in [0.25, 0.3) is 0 Å². The Bertz CT molecular complexity index is 338. The fourth-order valence-electron chi connectivity index (χ4n) is 2.46. The number of esters is 1. The van der Waals surface area contributed by atoms with Crippen molar-refractivity contribution in [2.75, 3.05) is 34.3 Å². The SMILES string of the molecule is C[N+](C)(C)CC(CC(=O)O)OC(=O)CCCCCCCCCO. The zero-order valence-electron chi connectivity index (χ0n) is 14.9. The zero-order valence-corrected chi connectivity index (χ0v) is 14.9. The first-order valence-corrected chi connectivity index (χ1v) is 8.57. The Balaban J connectivity index is 3.88. The number of rotatable bonds is 14. The second-order valence-corrected chi connectivity index (χ2v) is 7.13. The summed E-state index contributed by atoms with van der Waals surface area (Å²) in [5, 5.41) is 17.6. The van der Waals surface area contributed by atoms with Gasteiger partial charge in [-0.1, -0.05) is 32.1 Å².